The van der Waals surface area contributed by atoms with Crippen LogP contribution in [0.2, 0.25) is 10.0 Å². The maximum Gasteiger partial charge on any atom is 0.132 e. The number of hydrogen-bond acceptors (Lipinski definition) is 1. The van der Waals surface area contributed by atoms with Gasteiger partial charge in [0, 0.05) is 15.6 Å². The molecular weight excluding hydrogens is 370 g/mol. The fourth-order valence-corrected chi connectivity index (χ4v) is 2.90. The zero-order valence-electron chi connectivity index (χ0n) is 9.01. The molecular formula is C13H9Cl2IO. The zero-order chi connectivity index (χ0) is 12.4. The molecule has 2 aromatic carbocycles. The van der Waals surface area contributed by atoms with Crippen molar-refractivity contribution in [1.82, 2.24) is 0 Å². The molecule has 0 aromatic heterocycles. The molecule has 0 aliphatic rings. The van der Waals surface area contributed by atoms with Crippen molar-refractivity contribution < 1.29 is 4.74 Å². The third-order valence-corrected chi connectivity index (χ3v) is 3.77. The first-order chi connectivity index (χ1) is 8.11. The number of ether oxygens (including phenoxy) is 1. The molecule has 4 heteroatoms. The van der Waals surface area contributed by atoms with Gasteiger partial charge >= 0.3 is 0 Å². The maximum absolute atomic E-state index is 6.24. The molecule has 0 unspecified atom stereocenters. The van der Waals surface area contributed by atoms with Crippen LogP contribution in [0.1, 0.15) is 0 Å². The molecule has 17 heavy (non-hydrogen) atoms. The molecule has 0 saturated heterocycles. The second-order valence-electron chi connectivity index (χ2n) is 3.48. The molecule has 0 atom stereocenters. The van der Waals surface area contributed by atoms with E-state index in [4.69, 9.17) is 27.9 Å². The van der Waals surface area contributed by atoms with Gasteiger partial charge in [-0.1, -0.05) is 35.3 Å². The van der Waals surface area contributed by atoms with E-state index in [1.54, 1.807) is 7.11 Å². The summed E-state index contributed by atoms with van der Waals surface area (Å²) in [6.45, 7) is 0. The zero-order valence-corrected chi connectivity index (χ0v) is 12.7. The summed E-state index contributed by atoms with van der Waals surface area (Å²) in [6.07, 6.45) is 0. The SMILES string of the molecule is COc1cc(-c2cccc(Cl)c2)c(Cl)cc1I. The minimum atomic E-state index is 0.691. The third kappa shape index (κ3) is 2.87. The largest absolute Gasteiger partial charge is 0.496 e. The predicted octanol–water partition coefficient (Wildman–Crippen LogP) is 5.27. The molecule has 0 aliphatic heterocycles. The Morgan fingerprint density at radius 3 is 2.53 bits per heavy atom. The monoisotopic (exact) mass is 378 g/mol. The van der Waals surface area contributed by atoms with E-state index >= 15 is 0 Å². The van der Waals surface area contributed by atoms with Crippen LogP contribution < -0.4 is 4.74 Å². The number of halogens is 3. The highest BCUT2D eigenvalue weighted by atomic mass is 127. The molecule has 0 fully saturated rings. The first-order valence-corrected chi connectivity index (χ1v) is 6.74. The van der Waals surface area contributed by atoms with E-state index in [2.05, 4.69) is 22.6 Å². The van der Waals surface area contributed by atoms with Gasteiger partial charge in [-0.3, -0.25) is 0 Å². The van der Waals surface area contributed by atoms with Crippen molar-refractivity contribution >= 4 is 45.8 Å². The summed E-state index contributed by atoms with van der Waals surface area (Å²) < 4.78 is 6.28. The van der Waals surface area contributed by atoms with Gasteiger partial charge in [-0.15, -0.1) is 0 Å². The Bertz CT molecular complexity index is 555. The van der Waals surface area contributed by atoms with E-state index in [1.165, 1.54) is 0 Å². The van der Waals surface area contributed by atoms with Crippen LogP contribution in [0.4, 0.5) is 0 Å². The molecule has 2 rings (SSSR count). The number of benzene rings is 2. The summed E-state index contributed by atoms with van der Waals surface area (Å²) >= 11 is 14.4. The van der Waals surface area contributed by atoms with Gasteiger partial charge in [0.05, 0.1) is 10.7 Å². The lowest BCUT2D eigenvalue weighted by Crippen LogP contribution is -1.89. The highest BCUT2D eigenvalue weighted by Gasteiger charge is 2.09. The van der Waals surface area contributed by atoms with E-state index in [9.17, 15) is 0 Å². The van der Waals surface area contributed by atoms with E-state index < -0.39 is 0 Å². The van der Waals surface area contributed by atoms with Crippen LogP contribution in [0, 0.1) is 3.57 Å². The average Bonchev–Trinajstić information content (AvgIpc) is 2.29. The molecule has 0 radical (unpaired) electrons. The van der Waals surface area contributed by atoms with Crippen molar-refractivity contribution in [3.8, 4) is 16.9 Å². The molecule has 0 aliphatic carbocycles. The lowest BCUT2D eigenvalue weighted by Gasteiger charge is -2.09. The second-order valence-corrected chi connectivity index (χ2v) is 5.48. The highest BCUT2D eigenvalue weighted by Crippen LogP contribution is 2.35. The molecule has 0 saturated carbocycles. The van der Waals surface area contributed by atoms with Gasteiger partial charge in [0.15, 0.2) is 0 Å². The Labute approximate surface area is 124 Å². The fourth-order valence-electron chi connectivity index (χ4n) is 1.56. The second kappa shape index (κ2) is 5.46. The average molecular weight is 379 g/mol. The van der Waals surface area contributed by atoms with Gasteiger partial charge in [0.1, 0.15) is 5.75 Å². The summed E-state index contributed by atoms with van der Waals surface area (Å²) in [4.78, 5) is 0. The van der Waals surface area contributed by atoms with Gasteiger partial charge in [-0.05, 0) is 52.4 Å². The van der Waals surface area contributed by atoms with Gasteiger partial charge in [0.25, 0.3) is 0 Å². The molecule has 1 nitrogen and oxygen atoms in total. The predicted molar refractivity (Wildman–Crippen MR) is 81.2 cm³/mol. The summed E-state index contributed by atoms with van der Waals surface area (Å²) in [5, 5.41) is 1.38. The quantitative estimate of drug-likeness (QED) is 0.646. The maximum atomic E-state index is 6.24. The Morgan fingerprint density at radius 2 is 1.88 bits per heavy atom. The first kappa shape index (κ1) is 13.0. The Morgan fingerprint density at radius 1 is 1.12 bits per heavy atom. The number of methoxy groups -OCH3 is 1. The lowest BCUT2D eigenvalue weighted by molar-refractivity contribution is 0.412. The molecule has 0 bridgehead atoms. The third-order valence-electron chi connectivity index (χ3n) is 2.38. The summed E-state index contributed by atoms with van der Waals surface area (Å²) in [5.74, 6) is 0.810. The molecule has 0 heterocycles. The van der Waals surface area contributed by atoms with Gasteiger partial charge in [0.2, 0.25) is 0 Å². The van der Waals surface area contributed by atoms with Crippen molar-refractivity contribution in [3.05, 3.63) is 50.0 Å². The fraction of sp³-hybridized carbons (Fsp3) is 0.0769. The minimum Gasteiger partial charge on any atom is -0.496 e. The Kier molecular flexibility index (Phi) is 4.17. The standard InChI is InChI=1S/C13H9Cl2IO/c1-17-13-6-10(11(15)7-12(13)16)8-3-2-4-9(14)5-8/h2-7H,1H3. The molecule has 0 N–H and O–H groups in total. The van der Waals surface area contributed by atoms with Crippen molar-refractivity contribution in [1.29, 1.82) is 0 Å². The Hall–Kier alpha value is -0.450. The summed E-state index contributed by atoms with van der Waals surface area (Å²) in [6, 6.07) is 11.4. The summed E-state index contributed by atoms with van der Waals surface area (Å²) in [7, 11) is 1.65. The topological polar surface area (TPSA) is 9.23 Å². The van der Waals surface area contributed by atoms with E-state index in [0.717, 1.165) is 20.4 Å². The van der Waals surface area contributed by atoms with Crippen LogP contribution in [-0.2, 0) is 0 Å². The van der Waals surface area contributed by atoms with Gasteiger partial charge in [-0.25, -0.2) is 0 Å². The van der Waals surface area contributed by atoms with Gasteiger partial charge in [-0.2, -0.15) is 0 Å². The van der Waals surface area contributed by atoms with Crippen LogP contribution in [0.5, 0.6) is 5.75 Å². The van der Waals surface area contributed by atoms with Crippen LogP contribution in [0.15, 0.2) is 36.4 Å². The van der Waals surface area contributed by atoms with Crippen molar-refractivity contribution in [2.45, 2.75) is 0 Å². The molecule has 88 valence electrons. The van der Waals surface area contributed by atoms with Crippen molar-refractivity contribution in [2.75, 3.05) is 7.11 Å². The number of hydrogen-bond donors (Lipinski definition) is 0. The Balaban J connectivity index is 2.59. The number of rotatable bonds is 2. The van der Waals surface area contributed by atoms with Crippen molar-refractivity contribution in [3.63, 3.8) is 0 Å². The summed E-state index contributed by atoms with van der Waals surface area (Å²) in [5.41, 5.74) is 1.91. The normalized spacial score (nSPS) is 10.4. The van der Waals surface area contributed by atoms with Crippen molar-refractivity contribution in [2.24, 2.45) is 0 Å². The van der Waals surface area contributed by atoms with Gasteiger partial charge < -0.3 is 4.74 Å². The molecule has 2 aromatic rings. The van der Waals surface area contributed by atoms with Crippen LogP contribution in [0.25, 0.3) is 11.1 Å². The van der Waals surface area contributed by atoms with Crippen LogP contribution in [-0.4, -0.2) is 7.11 Å². The molecule has 0 spiro atoms. The van der Waals surface area contributed by atoms with Crippen LogP contribution >= 0.6 is 45.8 Å². The van der Waals surface area contributed by atoms with E-state index in [0.29, 0.717) is 10.0 Å². The highest BCUT2D eigenvalue weighted by molar-refractivity contribution is 14.1. The van der Waals surface area contributed by atoms with E-state index in [-0.39, 0.29) is 0 Å². The van der Waals surface area contributed by atoms with E-state index in [1.807, 2.05) is 36.4 Å². The van der Waals surface area contributed by atoms with Crippen LogP contribution in [0.3, 0.4) is 0 Å². The minimum absolute atomic E-state index is 0.691. The molecule has 0 amide bonds. The smallest absolute Gasteiger partial charge is 0.132 e. The first-order valence-electron chi connectivity index (χ1n) is 4.91. The lowest BCUT2D eigenvalue weighted by atomic mass is 10.1.